The lowest BCUT2D eigenvalue weighted by Gasteiger charge is -2.34. The molecule has 1 saturated carbocycles. The van der Waals surface area contributed by atoms with E-state index in [1.54, 1.807) is 0 Å². The van der Waals surface area contributed by atoms with Crippen molar-refractivity contribution in [3.63, 3.8) is 0 Å². The average molecular weight is 360 g/mol. The molecule has 3 aromatic rings. The van der Waals surface area contributed by atoms with Gasteiger partial charge in [-0.2, -0.15) is 0 Å². The summed E-state index contributed by atoms with van der Waals surface area (Å²) < 4.78 is 6.32. The summed E-state index contributed by atoms with van der Waals surface area (Å²) in [5.74, 6) is -0.0790. The molecule has 140 valence electrons. The predicted molar refractivity (Wildman–Crippen MR) is 112 cm³/mol. The number of esters is 1. The van der Waals surface area contributed by atoms with Crippen LogP contribution >= 0.6 is 0 Å². The molecule has 0 saturated heterocycles. The van der Waals surface area contributed by atoms with Crippen LogP contribution in [0.1, 0.15) is 58.4 Å². The summed E-state index contributed by atoms with van der Waals surface area (Å²) in [5.41, 5.74) is 0.224. The highest BCUT2D eigenvalue weighted by molar-refractivity contribution is 6.00. The summed E-state index contributed by atoms with van der Waals surface area (Å²) in [6.07, 6.45) is 4.80. The molecule has 0 heterocycles. The number of hydrogen-bond acceptors (Lipinski definition) is 2. The first-order chi connectivity index (χ1) is 13.0. The van der Waals surface area contributed by atoms with Gasteiger partial charge >= 0.3 is 5.97 Å². The Hall–Kier alpha value is -2.35. The van der Waals surface area contributed by atoms with Crippen LogP contribution in [0.5, 0.6) is 0 Å². The van der Waals surface area contributed by atoms with E-state index in [4.69, 9.17) is 4.74 Å². The Labute approximate surface area is 161 Å². The van der Waals surface area contributed by atoms with Crippen molar-refractivity contribution in [3.8, 4) is 0 Å². The second kappa shape index (κ2) is 6.67. The van der Waals surface area contributed by atoms with Gasteiger partial charge in [0, 0.05) is 5.56 Å². The van der Waals surface area contributed by atoms with Crippen molar-refractivity contribution in [2.24, 2.45) is 5.41 Å². The normalized spacial score (nSPS) is 16.7. The van der Waals surface area contributed by atoms with Gasteiger partial charge in [0.25, 0.3) is 0 Å². The van der Waals surface area contributed by atoms with Crippen LogP contribution < -0.4 is 0 Å². The minimum absolute atomic E-state index is 0.0790. The first kappa shape index (κ1) is 18.0. The van der Waals surface area contributed by atoms with E-state index >= 15 is 0 Å². The Balaban J connectivity index is 1.87. The van der Waals surface area contributed by atoms with Gasteiger partial charge in [-0.15, -0.1) is 0 Å². The Kier molecular flexibility index (Phi) is 4.46. The molecule has 0 bridgehead atoms. The van der Waals surface area contributed by atoms with Crippen LogP contribution in [0.25, 0.3) is 21.5 Å². The Morgan fingerprint density at radius 2 is 1.59 bits per heavy atom. The van der Waals surface area contributed by atoms with Gasteiger partial charge in [-0.25, -0.2) is 0 Å². The molecule has 0 aliphatic heterocycles. The highest BCUT2D eigenvalue weighted by atomic mass is 16.6. The molecule has 1 aliphatic rings. The maximum Gasteiger partial charge on any atom is 0.312 e. The average Bonchev–Trinajstić information content (AvgIpc) is 3.15. The number of benzene rings is 3. The van der Waals surface area contributed by atoms with Gasteiger partial charge in [0.1, 0.15) is 5.60 Å². The van der Waals surface area contributed by atoms with Crippen LogP contribution in [0.15, 0.2) is 54.6 Å². The third-order valence-corrected chi connectivity index (χ3v) is 6.37. The first-order valence-corrected chi connectivity index (χ1v) is 10.1. The molecule has 3 aromatic carbocycles. The predicted octanol–water partition coefficient (Wildman–Crippen LogP) is 6.74. The molecular weight excluding hydrogens is 332 g/mol. The lowest BCUT2D eigenvalue weighted by Crippen LogP contribution is -2.36. The van der Waals surface area contributed by atoms with E-state index in [-0.39, 0.29) is 5.97 Å². The van der Waals surface area contributed by atoms with Crippen molar-refractivity contribution in [3.05, 3.63) is 60.2 Å². The molecule has 0 atom stereocenters. The molecule has 0 radical (unpaired) electrons. The highest BCUT2D eigenvalue weighted by Crippen LogP contribution is 2.46. The van der Waals surface area contributed by atoms with E-state index < -0.39 is 11.0 Å². The van der Waals surface area contributed by atoms with Crippen molar-refractivity contribution in [1.82, 2.24) is 0 Å². The van der Waals surface area contributed by atoms with E-state index in [2.05, 4.69) is 54.6 Å². The SMILES string of the molecule is CCC(C)(C)C(=O)OC1(c2cccc3cc4ccccc4cc23)CCCC1. The van der Waals surface area contributed by atoms with Crippen LogP contribution in [0.2, 0.25) is 0 Å². The molecule has 0 spiro atoms. The Morgan fingerprint density at radius 3 is 2.26 bits per heavy atom. The number of fused-ring (bicyclic) bond motifs is 2. The van der Waals surface area contributed by atoms with E-state index in [0.717, 1.165) is 32.1 Å². The molecular formula is C25H28O2. The van der Waals surface area contributed by atoms with Crippen LogP contribution in [0, 0.1) is 5.41 Å². The number of rotatable bonds is 4. The summed E-state index contributed by atoms with van der Waals surface area (Å²) in [6.45, 7) is 6.01. The van der Waals surface area contributed by atoms with E-state index in [9.17, 15) is 4.79 Å². The minimum Gasteiger partial charge on any atom is -0.454 e. The van der Waals surface area contributed by atoms with E-state index in [1.165, 1.54) is 27.1 Å². The zero-order chi connectivity index (χ0) is 19.1. The lowest BCUT2D eigenvalue weighted by atomic mass is 9.85. The number of carbonyl (C=O) groups is 1. The van der Waals surface area contributed by atoms with E-state index in [0.29, 0.717) is 0 Å². The number of ether oxygens (including phenoxy) is 1. The van der Waals surface area contributed by atoms with Crippen LogP contribution in [-0.2, 0) is 15.1 Å². The van der Waals surface area contributed by atoms with Crippen molar-refractivity contribution in [2.45, 2.75) is 58.5 Å². The largest absolute Gasteiger partial charge is 0.454 e. The fraction of sp³-hybridized carbons (Fsp3) is 0.400. The monoisotopic (exact) mass is 360 g/mol. The molecule has 0 N–H and O–H groups in total. The van der Waals surface area contributed by atoms with Gasteiger partial charge in [-0.1, -0.05) is 49.4 Å². The van der Waals surface area contributed by atoms with Crippen LogP contribution in [-0.4, -0.2) is 5.97 Å². The zero-order valence-electron chi connectivity index (χ0n) is 16.5. The van der Waals surface area contributed by atoms with Crippen LogP contribution in [0.3, 0.4) is 0 Å². The summed E-state index contributed by atoms with van der Waals surface area (Å²) >= 11 is 0. The minimum atomic E-state index is -0.495. The topological polar surface area (TPSA) is 26.3 Å². The summed E-state index contributed by atoms with van der Waals surface area (Å²) in [5, 5.41) is 4.89. The van der Waals surface area contributed by atoms with Gasteiger partial charge in [-0.05, 0) is 79.6 Å². The number of carbonyl (C=O) groups excluding carboxylic acids is 1. The smallest absolute Gasteiger partial charge is 0.312 e. The molecule has 1 aliphatic carbocycles. The zero-order valence-corrected chi connectivity index (χ0v) is 16.5. The summed E-state index contributed by atoms with van der Waals surface area (Å²) in [4.78, 5) is 13.0. The summed E-state index contributed by atoms with van der Waals surface area (Å²) in [6, 6.07) is 19.4. The van der Waals surface area contributed by atoms with Crippen molar-refractivity contribution < 1.29 is 9.53 Å². The molecule has 0 amide bonds. The summed E-state index contributed by atoms with van der Waals surface area (Å²) in [7, 11) is 0. The quantitative estimate of drug-likeness (QED) is 0.380. The standard InChI is InChI=1S/C25H28O2/c1-4-24(2,3)23(26)27-25(14-7-8-15-25)22-13-9-12-20-16-18-10-5-6-11-19(18)17-21(20)22/h5-6,9-13,16-17H,4,7-8,14-15H2,1-3H3. The van der Waals surface area contributed by atoms with Crippen molar-refractivity contribution in [1.29, 1.82) is 0 Å². The van der Waals surface area contributed by atoms with Gasteiger partial charge in [0.2, 0.25) is 0 Å². The molecule has 4 rings (SSSR count). The fourth-order valence-electron chi connectivity index (χ4n) is 4.20. The third kappa shape index (κ3) is 3.12. The Morgan fingerprint density at radius 1 is 0.963 bits per heavy atom. The molecule has 27 heavy (non-hydrogen) atoms. The molecule has 1 fully saturated rings. The molecule has 0 unspecified atom stereocenters. The van der Waals surface area contributed by atoms with Gasteiger partial charge in [-0.3, -0.25) is 4.79 Å². The third-order valence-electron chi connectivity index (χ3n) is 6.37. The molecule has 2 nitrogen and oxygen atoms in total. The molecule has 0 aromatic heterocycles. The molecule has 2 heteroatoms. The van der Waals surface area contributed by atoms with Gasteiger partial charge < -0.3 is 4.74 Å². The van der Waals surface area contributed by atoms with Crippen LogP contribution in [0.4, 0.5) is 0 Å². The second-order valence-electron chi connectivity index (χ2n) is 8.55. The maximum atomic E-state index is 13.0. The number of hydrogen-bond donors (Lipinski definition) is 0. The maximum absolute atomic E-state index is 13.0. The van der Waals surface area contributed by atoms with Gasteiger partial charge in [0.15, 0.2) is 0 Å². The first-order valence-electron chi connectivity index (χ1n) is 10.1. The second-order valence-corrected chi connectivity index (χ2v) is 8.55. The van der Waals surface area contributed by atoms with Crippen molar-refractivity contribution in [2.75, 3.05) is 0 Å². The Bertz CT molecular complexity index is 994. The lowest BCUT2D eigenvalue weighted by molar-refractivity contribution is -0.171. The van der Waals surface area contributed by atoms with Crippen molar-refractivity contribution >= 4 is 27.5 Å². The fourth-order valence-corrected chi connectivity index (χ4v) is 4.20. The highest BCUT2D eigenvalue weighted by Gasteiger charge is 2.43. The van der Waals surface area contributed by atoms with Gasteiger partial charge in [0.05, 0.1) is 5.41 Å². The van der Waals surface area contributed by atoms with E-state index in [1.807, 2.05) is 20.8 Å².